The van der Waals surface area contributed by atoms with Gasteiger partial charge in [0.05, 0.1) is 24.8 Å². The lowest BCUT2D eigenvalue weighted by atomic mass is 10.2. The van der Waals surface area contributed by atoms with Crippen LogP contribution in [-0.2, 0) is 21.4 Å². The van der Waals surface area contributed by atoms with Gasteiger partial charge in [0, 0.05) is 16.0 Å². The second-order valence-corrected chi connectivity index (χ2v) is 10.2. The minimum Gasteiger partial charge on any atom is -0.497 e. The van der Waals surface area contributed by atoms with Crippen molar-refractivity contribution in [3.63, 3.8) is 0 Å². The van der Waals surface area contributed by atoms with Crippen LogP contribution in [0.5, 0.6) is 5.75 Å². The molecule has 0 heterocycles. The fourth-order valence-electron chi connectivity index (χ4n) is 2.87. The zero-order valence-electron chi connectivity index (χ0n) is 17.6. The first-order valence-electron chi connectivity index (χ1n) is 9.74. The van der Waals surface area contributed by atoms with Crippen LogP contribution in [0.3, 0.4) is 0 Å². The Morgan fingerprint density at radius 1 is 1.12 bits per heavy atom. The number of hydrogen-bond donors (Lipinski definition) is 1. The highest BCUT2D eigenvalue weighted by Crippen LogP contribution is 2.21. The van der Waals surface area contributed by atoms with E-state index in [1.54, 1.807) is 55.6 Å². The van der Waals surface area contributed by atoms with E-state index in [9.17, 15) is 13.2 Å². The van der Waals surface area contributed by atoms with Crippen molar-refractivity contribution in [3.05, 3.63) is 93.4 Å². The maximum absolute atomic E-state index is 13.3. The Morgan fingerprint density at radius 2 is 1.82 bits per heavy atom. The minimum absolute atomic E-state index is 0.00522. The summed E-state index contributed by atoms with van der Waals surface area (Å²) in [4.78, 5) is 12.6. The predicted molar refractivity (Wildman–Crippen MR) is 132 cm³/mol. The Kier molecular flexibility index (Phi) is 8.62. The molecule has 3 rings (SSSR count). The van der Waals surface area contributed by atoms with Crippen molar-refractivity contribution in [2.75, 3.05) is 13.7 Å². The van der Waals surface area contributed by atoms with Crippen LogP contribution in [0, 0.1) is 0 Å². The summed E-state index contributed by atoms with van der Waals surface area (Å²) in [5, 5.41) is 4.34. The molecule has 3 aromatic rings. The van der Waals surface area contributed by atoms with E-state index in [1.165, 1.54) is 30.5 Å². The summed E-state index contributed by atoms with van der Waals surface area (Å²) in [5.41, 5.74) is 3.82. The first-order chi connectivity index (χ1) is 15.8. The van der Waals surface area contributed by atoms with Gasteiger partial charge in [0.2, 0.25) is 10.0 Å². The number of carbonyl (C=O) groups is 1. The molecule has 7 nitrogen and oxygen atoms in total. The smallest absolute Gasteiger partial charge is 0.255 e. The lowest BCUT2D eigenvalue weighted by molar-refractivity contribution is -0.121. The Bertz CT molecular complexity index is 1230. The number of carbonyl (C=O) groups excluding carboxylic acids is 1. The molecule has 1 N–H and O–H groups in total. The topological polar surface area (TPSA) is 88.1 Å². The molecule has 0 unspecified atom stereocenters. The zero-order chi connectivity index (χ0) is 23.8. The molecule has 0 spiro atoms. The Hall–Kier alpha value is -2.72. The average molecular weight is 551 g/mol. The summed E-state index contributed by atoms with van der Waals surface area (Å²) in [6.45, 7) is -0.415. The lowest BCUT2D eigenvalue weighted by Crippen LogP contribution is -2.39. The number of hydrazone groups is 1. The van der Waals surface area contributed by atoms with Gasteiger partial charge in [-0.15, -0.1) is 0 Å². The summed E-state index contributed by atoms with van der Waals surface area (Å²) < 4.78 is 33.6. The van der Waals surface area contributed by atoms with Crippen LogP contribution < -0.4 is 10.2 Å². The molecule has 0 radical (unpaired) electrons. The molecule has 0 aromatic heterocycles. The summed E-state index contributed by atoms with van der Waals surface area (Å²) in [7, 11) is -2.42. The van der Waals surface area contributed by atoms with Gasteiger partial charge in [0.15, 0.2) is 0 Å². The van der Waals surface area contributed by atoms with Crippen LogP contribution in [0.2, 0.25) is 5.02 Å². The van der Waals surface area contributed by atoms with Gasteiger partial charge in [-0.05, 0) is 59.7 Å². The van der Waals surface area contributed by atoms with Crippen LogP contribution in [0.15, 0.2) is 87.3 Å². The van der Waals surface area contributed by atoms with E-state index in [2.05, 4.69) is 26.5 Å². The third-order valence-electron chi connectivity index (χ3n) is 4.54. The molecule has 0 saturated carbocycles. The maximum Gasteiger partial charge on any atom is 0.255 e. The first kappa shape index (κ1) is 24.9. The molecular formula is C23H21BrClN3O4S. The Labute approximate surface area is 206 Å². The van der Waals surface area contributed by atoms with Gasteiger partial charge < -0.3 is 4.74 Å². The number of halogens is 2. The Morgan fingerprint density at radius 3 is 2.48 bits per heavy atom. The van der Waals surface area contributed by atoms with Gasteiger partial charge in [-0.1, -0.05) is 51.8 Å². The SMILES string of the molecule is COc1cccc(/C=N\NC(=O)CN(Cc2ccc(Br)cc2)S(=O)(=O)c2ccc(Cl)cc2)c1. The van der Waals surface area contributed by atoms with Crippen molar-refractivity contribution >= 4 is 49.7 Å². The monoisotopic (exact) mass is 549 g/mol. The number of methoxy groups -OCH3 is 1. The standard InChI is InChI=1S/C23H21BrClN3O4S/c1-32-21-4-2-3-18(13-21)14-26-27-23(29)16-28(15-17-5-7-19(24)8-6-17)33(30,31)22-11-9-20(25)10-12-22/h2-14H,15-16H2,1H3,(H,27,29)/b26-14-. The quantitative estimate of drug-likeness (QED) is 0.315. The van der Waals surface area contributed by atoms with E-state index < -0.39 is 22.5 Å². The number of ether oxygens (including phenoxy) is 1. The van der Waals surface area contributed by atoms with Crippen molar-refractivity contribution in [1.82, 2.24) is 9.73 Å². The maximum atomic E-state index is 13.3. The molecule has 33 heavy (non-hydrogen) atoms. The number of hydrogen-bond acceptors (Lipinski definition) is 5. The van der Waals surface area contributed by atoms with E-state index in [1.807, 2.05) is 0 Å². The minimum atomic E-state index is -3.97. The summed E-state index contributed by atoms with van der Waals surface area (Å²) >= 11 is 9.26. The van der Waals surface area contributed by atoms with Crippen LogP contribution in [0.4, 0.5) is 0 Å². The van der Waals surface area contributed by atoms with Crippen LogP contribution in [-0.4, -0.2) is 38.5 Å². The summed E-state index contributed by atoms with van der Waals surface area (Å²) in [6.07, 6.45) is 1.45. The van der Waals surface area contributed by atoms with E-state index >= 15 is 0 Å². The molecule has 10 heteroatoms. The van der Waals surface area contributed by atoms with Crippen molar-refractivity contribution in [3.8, 4) is 5.75 Å². The molecule has 0 atom stereocenters. The average Bonchev–Trinajstić information content (AvgIpc) is 2.80. The van der Waals surface area contributed by atoms with Crippen LogP contribution in [0.25, 0.3) is 0 Å². The molecule has 0 bridgehead atoms. The van der Waals surface area contributed by atoms with Crippen molar-refractivity contribution in [1.29, 1.82) is 0 Å². The van der Waals surface area contributed by atoms with Gasteiger partial charge in [-0.3, -0.25) is 4.79 Å². The molecule has 0 aliphatic rings. The lowest BCUT2D eigenvalue weighted by Gasteiger charge is -2.21. The first-order valence-corrected chi connectivity index (χ1v) is 12.3. The fourth-order valence-corrected chi connectivity index (χ4v) is 4.65. The number of nitrogens with zero attached hydrogens (tertiary/aromatic N) is 2. The third kappa shape index (κ3) is 7.13. The van der Waals surface area contributed by atoms with Gasteiger partial charge >= 0.3 is 0 Å². The van der Waals surface area contributed by atoms with E-state index in [4.69, 9.17) is 16.3 Å². The zero-order valence-corrected chi connectivity index (χ0v) is 20.8. The van der Waals surface area contributed by atoms with Crippen molar-refractivity contribution in [2.24, 2.45) is 5.10 Å². The van der Waals surface area contributed by atoms with Gasteiger partial charge in [-0.25, -0.2) is 13.8 Å². The normalized spacial score (nSPS) is 11.6. The number of amides is 1. The fraction of sp³-hybridized carbons (Fsp3) is 0.130. The molecule has 172 valence electrons. The number of sulfonamides is 1. The number of nitrogens with one attached hydrogen (secondary N) is 1. The molecule has 0 aliphatic heterocycles. The van der Waals surface area contributed by atoms with E-state index in [-0.39, 0.29) is 11.4 Å². The molecular weight excluding hydrogens is 530 g/mol. The summed E-state index contributed by atoms with van der Waals surface area (Å²) in [6, 6.07) is 20.1. The van der Waals surface area contributed by atoms with Crippen LogP contribution >= 0.6 is 27.5 Å². The number of benzene rings is 3. The second-order valence-electron chi connectivity index (χ2n) is 6.92. The largest absolute Gasteiger partial charge is 0.497 e. The molecule has 0 aliphatic carbocycles. The molecule has 0 fully saturated rings. The number of rotatable bonds is 9. The third-order valence-corrected chi connectivity index (χ3v) is 7.13. The van der Waals surface area contributed by atoms with Gasteiger partial charge in [0.1, 0.15) is 5.75 Å². The highest BCUT2D eigenvalue weighted by molar-refractivity contribution is 9.10. The van der Waals surface area contributed by atoms with Crippen molar-refractivity contribution < 1.29 is 17.9 Å². The Balaban J connectivity index is 1.78. The second kappa shape index (κ2) is 11.4. The predicted octanol–water partition coefficient (Wildman–Crippen LogP) is 4.45. The van der Waals surface area contributed by atoms with Crippen molar-refractivity contribution in [2.45, 2.75) is 11.4 Å². The highest BCUT2D eigenvalue weighted by atomic mass is 79.9. The molecule has 0 saturated heterocycles. The molecule has 1 amide bonds. The molecule has 3 aromatic carbocycles. The van der Waals surface area contributed by atoms with E-state index in [0.29, 0.717) is 10.8 Å². The van der Waals surface area contributed by atoms with Crippen LogP contribution in [0.1, 0.15) is 11.1 Å². The van der Waals surface area contributed by atoms with E-state index in [0.717, 1.165) is 19.9 Å². The highest BCUT2D eigenvalue weighted by Gasteiger charge is 2.27. The van der Waals surface area contributed by atoms with Gasteiger partial charge in [-0.2, -0.15) is 9.41 Å². The summed E-state index contributed by atoms with van der Waals surface area (Å²) in [5.74, 6) is 0.0730. The van der Waals surface area contributed by atoms with Gasteiger partial charge in [0.25, 0.3) is 5.91 Å².